The lowest BCUT2D eigenvalue weighted by Crippen LogP contribution is -2.47. The van der Waals surface area contributed by atoms with Crippen molar-refractivity contribution in [2.45, 2.75) is 6.54 Å². The fourth-order valence-electron chi connectivity index (χ4n) is 2.46. The predicted octanol–water partition coefficient (Wildman–Crippen LogP) is 0.803. The molecule has 0 atom stereocenters. The third kappa shape index (κ3) is 4.74. The molecule has 1 aliphatic heterocycles. The summed E-state index contributed by atoms with van der Waals surface area (Å²) < 4.78 is 0. The predicted molar refractivity (Wildman–Crippen MR) is 84.1 cm³/mol. The number of aromatic nitrogens is 1. The van der Waals surface area contributed by atoms with E-state index in [1.807, 2.05) is 19.3 Å². The molecule has 112 valence electrons. The van der Waals surface area contributed by atoms with Gasteiger partial charge in [0.2, 0.25) is 0 Å². The van der Waals surface area contributed by atoms with Gasteiger partial charge in [-0.15, -0.1) is 0 Å². The Morgan fingerprint density at radius 1 is 1.20 bits per heavy atom. The van der Waals surface area contributed by atoms with Gasteiger partial charge in [0.05, 0.1) is 5.69 Å². The highest BCUT2D eigenvalue weighted by molar-refractivity contribution is 5.42. The van der Waals surface area contributed by atoms with E-state index in [1.165, 1.54) is 19.6 Å². The van der Waals surface area contributed by atoms with Crippen LogP contribution in [0.25, 0.3) is 0 Å². The monoisotopic (exact) mass is 277 g/mol. The van der Waals surface area contributed by atoms with Gasteiger partial charge in [0.25, 0.3) is 0 Å². The number of nitrogens with one attached hydrogen (secondary N) is 1. The zero-order chi connectivity index (χ0) is 14.4. The topological polar surface area (TPSA) is 34.6 Å². The maximum absolute atomic E-state index is 4.46. The molecule has 1 aromatic heterocycles. The fraction of sp³-hybridized carbons (Fsp3) is 0.667. The van der Waals surface area contributed by atoms with Crippen molar-refractivity contribution in [1.82, 2.24) is 19.7 Å². The lowest BCUT2D eigenvalue weighted by molar-refractivity contribution is 0.119. The first-order chi connectivity index (χ1) is 9.67. The molecule has 0 aliphatic carbocycles. The van der Waals surface area contributed by atoms with E-state index in [2.05, 4.69) is 45.2 Å². The minimum absolute atomic E-state index is 0.955. The molecular weight excluding hydrogens is 250 g/mol. The van der Waals surface area contributed by atoms with Gasteiger partial charge in [-0.1, -0.05) is 0 Å². The van der Waals surface area contributed by atoms with E-state index in [0.29, 0.717) is 0 Å². The molecule has 5 heteroatoms. The third-order valence-corrected chi connectivity index (χ3v) is 3.82. The lowest BCUT2D eigenvalue weighted by Gasteiger charge is -2.35. The van der Waals surface area contributed by atoms with E-state index < -0.39 is 0 Å². The van der Waals surface area contributed by atoms with Crippen LogP contribution in [0.3, 0.4) is 0 Å². The quantitative estimate of drug-likeness (QED) is 0.832. The zero-order valence-electron chi connectivity index (χ0n) is 13.0. The van der Waals surface area contributed by atoms with Gasteiger partial charge in [-0.3, -0.25) is 14.8 Å². The third-order valence-electron chi connectivity index (χ3n) is 3.82. The minimum Gasteiger partial charge on any atom is -0.388 e. The van der Waals surface area contributed by atoms with Crippen LogP contribution in [0.5, 0.6) is 0 Å². The van der Waals surface area contributed by atoms with Crippen LogP contribution in [0.4, 0.5) is 5.69 Å². The van der Waals surface area contributed by atoms with E-state index in [9.17, 15) is 0 Å². The first-order valence-corrected chi connectivity index (χ1v) is 7.39. The smallest absolute Gasteiger partial charge is 0.0564 e. The molecule has 1 fully saturated rings. The molecule has 1 N–H and O–H groups in total. The maximum atomic E-state index is 4.46. The van der Waals surface area contributed by atoms with Crippen LogP contribution in [0, 0.1) is 0 Å². The molecule has 1 saturated heterocycles. The second-order valence-electron chi connectivity index (χ2n) is 5.71. The summed E-state index contributed by atoms with van der Waals surface area (Å²) >= 11 is 0. The van der Waals surface area contributed by atoms with Gasteiger partial charge in [0, 0.05) is 64.7 Å². The normalized spacial score (nSPS) is 17.6. The molecule has 0 spiro atoms. The van der Waals surface area contributed by atoms with Crippen molar-refractivity contribution in [3.8, 4) is 0 Å². The number of hydrogen-bond acceptors (Lipinski definition) is 5. The summed E-state index contributed by atoms with van der Waals surface area (Å²) in [5.74, 6) is 0. The number of nitrogens with zero attached hydrogens (tertiary/aromatic N) is 4. The van der Waals surface area contributed by atoms with E-state index >= 15 is 0 Å². The molecule has 0 aromatic carbocycles. The fourth-order valence-corrected chi connectivity index (χ4v) is 2.46. The standard InChI is InChI=1S/C15H27N5/c1-16-14-4-5-17-15(12-14)13-20-10-8-19(9-11-20)7-6-18(2)3/h4-5,12H,6-11,13H2,1-3H3,(H,16,17). The first-order valence-electron chi connectivity index (χ1n) is 7.39. The summed E-state index contributed by atoms with van der Waals surface area (Å²) in [6, 6.07) is 4.14. The molecule has 2 rings (SSSR count). The highest BCUT2D eigenvalue weighted by Gasteiger charge is 2.17. The average molecular weight is 277 g/mol. The highest BCUT2D eigenvalue weighted by Crippen LogP contribution is 2.11. The Bertz CT molecular complexity index is 399. The Morgan fingerprint density at radius 3 is 2.55 bits per heavy atom. The van der Waals surface area contributed by atoms with Crippen molar-refractivity contribution < 1.29 is 0 Å². The Balaban J connectivity index is 1.76. The van der Waals surface area contributed by atoms with Gasteiger partial charge in [-0.2, -0.15) is 0 Å². The number of rotatable bonds is 6. The van der Waals surface area contributed by atoms with E-state index in [4.69, 9.17) is 0 Å². The zero-order valence-corrected chi connectivity index (χ0v) is 13.0. The van der Waals surface area contributed by atoms with Crippen LogP contribution >= 0.6 is 0 Å². The SMILES string of the molecule is CNc1ccnc(CN2CCN(CCN(C)C)CC2)c1. The maximum Gasteiger partial charge on any atom is 0.0564 e. The van der Waals surface area contributed by atoms with Crippen molar-refractivity contribution in [2.75, 3.05) is 65.7 Å². The molecule has 1 aromatic rings. The Labute approximate surface area is 122 Å². The average Bonchev–Trinajstić information content (AvgIpc) is 2.47. The van der Waals surface area contributed by atoms with Gasteiger partial charge in [0.1, 0.15) is 0 Å². The molecule has 0 radical (unpaired) electrons. The summed E-state index contributed by atoms with van der Waals surface area (Å²) in [6.45, 7) is 7.88. The highest BCUT2D eigenvalue weighted by atomic mass is 15.3. The lowest BCUT2D eigenvalue weighted by atomic mass is 10.2. The summed E-state index contributed by atoms with van der Waals surface area (Å²) in [7, 11) is 6.22. The van der Waals surface area contributed by atoms with Crippen molar-refractivity contribution >= 4 is 5.69 Å². The van der Waals surface area contributed by atoms with Gasteiger partial charge < -0.3 is 10.2 Å². The number of piperazine rings is 1. The van der Waals surface area contributed by atoms with Crippen LogP contribution in [0.2, 0.25) is 0 Å². The summed E-state index contributed by atoms with van der Waals surface area (Å²) in [5, 5.41) is 3.17. The first kappa shape index (κ1) is 15.2. The second kappa shape index (κ2) is 7.57. The molecule has 20 heavy (non-hydrogen) atoms. The second-order valence-corrected chi connectivity index (χ2v) is 5.71. The molecule has 0 amide bonds. The Kier molecular flexibility index (Phi) is 5.76. The van der Waals surface area contributed by atoms with Crippen molar-refractivity contribution in [2.24, 2.45) is 0 Å². The van der Waals surface area contributed by atoms with Gasteiger partial charge in [0.15, 0.2) is 0 Å². The van der Waals surface area contributed by atoms with E-state index in [1.54, 1.807) is 0 Å². The number of pyridine rings is 1. The number of likely N-dealkylation sites (N-methyl/N-ethyl adjacent to an activating group) is 1. The molecule has 0 unspecified atom stereocenters. The molecular formula is C15H27N5. The summed E-state index contributed by atoms with van der Waals surface area (Å²) in [4.78, 5) is 11.8. The molecule has 0 bridgehead atoms. The van der Waals surface area contributed by atoms with Gasteiger partial charge in [-0.25, -0.2) is 0 Å². The van der Waals surface area contributed by atoms with Crippen LogP contribution in [0.15, 0.2) is 18.3 Å². The van der Waals surface area contributed by atoms with Crippen LogP contribution < -0.4 is 5.32 Å². The molecule has 1 aliphatic rings. The van der Waals surface area contributed by atoms with E-state index in [-0.39, 0.29) is 0 Å². The number of anilines is 1. The van der Waals surface area contributed by atoms with E-state index in [0.717, 1.165) is 37.6 Å². The Morgan fingerprint density at radius 2 is 1.90 bits per heavy atom. The van der Waals surface area contributed by atoms with Crippen LogP contribution in [0.1, 0.15) is 5.69 Å². The summed E-state index contributed by atoms with van der Waals surface area (Å²) in [6.07, 6.45) is 1.88. The van der Waals surface area contributed by atoms with Crippen molar-refractivity contribution in [1.29, 1.82) is 0 Å². The minimum atomic E-state index is 0.955. The molecule has 0 saturated carbocycles. The van der Waals surface area contributed by atoms with Crippen molar-refractivity contribution in [3.63, 3.8) is 0 Å². The van der Waals surface area contributed by atoms with Crippen LogP contribution in [-0.4, -0.2) is 80.1 Å². The van der Waals surface area contributed by atoms with Gasteiger partial charge in [-0.05, 0) is 26.2 Å². The van der Waals surface area contributed by atoms with Crippen molar-refractivity contribution in [3.05, 3.63) is 24.0 Å². The van der Waals surface area contributed by atoms with Crippen LogP contribution in [-0.2, 0) is 6.54 Å². The Hall–Kier alpha value is -1.17. The summed E-state index contributed by atoms with van der Waals surface area (Å²) in [5.41, 5.74) is 2.29. The largest absolute Gasteiger partial charge is 0.388 e. The number of hydrogen-bond donors (Lipinski definition) is 1. The molecule has 2 heterocycles. The van der Waals surface area contributed by atoms with Gasteiger partial charge >= 0.3 is 0 Å². The molecule has 5 nitrogen and oxygen atoms in total.